The third-order valence-corrected chi connectivity index (χ3v) is 1.32. The molecule has 0 aliphatic rings. The molecule has 0 N–H and O–H groups in total. The summed E-state index contributed by atoms with van der Waals surface area (Å²) in [5.41, 5.74) is 0. The monoisotopic (exact) mass is 158 g/mol. The lowest BCUT2D eigenvalue weighted by Crippen LogP contribution is -1.91. The maximum Gasteiger partial charge on any atom is 0.174 e. The van der Waals surface area contributed by atoms with Gasteiger partial charge in [-0.25, -0.2) is 9.97 Å². The van der Waals surface area contributed by atoms with Crippen molar-refractivity contribution in [1.82, 2.24) is 9.97 Å². The lowest BCUT2D eigenvalue weighted by Gasteiger charge is -1.99. The molecule has 0 bridgehead atoms. The molecule has 3 nitrogen and oxygen atoms in total. The van der Waals surface area contributed by atoms with E-state index in [-0.39, 0.29) is 0 Å². The molecular formula is C6H7ClN2O. The predicted molar refractivity (Wildman–Crippen MR) is 38.3 cm³/mol. The Kier molecular flexibility index (Phi) is 2.06. The number of hydrogen-bond donors (Lipinski definition) is 0. The third-order valence-electron chi connectivity index (χ3n) is 1.05. The normalized spacial score (nSPS) is 9.50. The van der Waals surface area contributed by atoms with Gasteiger partial charge in [0.1, 0.15) is 5.82 Å². The molecule has 0 radical (unpaired) electrons. The van der Waals surface area contributed by atoms with Gasteiger partial charge in [-0.15, -0.1) is 0 Å². The van der Waals surface area contributed by atoms with Crippen molar-refractivity contribution < 1.29 is 4.74 Å². The van der Waals surface area contributed by atoms with Crippen molar-refractivity contribution in [2.75, 3.05) is 7.11 Å². The van der Waals surface area contributed by atoms with Crippen molar-refractivity contribution in [3.63, 3.8) is 0 Å². The fourth-order valence-electron chi connectivity index (χ4n) is 0.568. The summed E-state index contributed by atoms with van der Waals surface area (Å²) in [7, 11) is 1.53. The van der Waals surface area contributed by atoms with Crippen LogP contribution in [-0.2, 0) is 0 Å². The number of hydrogen-bond acceptors (Lipinski definition) is 3. The quantitative estimate of drug-likeness (QED) is 0.581. The molecule has 54 valence electrons. The Morgan fingerprint density at radius 1 is 1.60 bits per heavy atom. The Morgan fingerprint density at radius 2 is 2.30 bits per heavy atom. The van der Waals surface area contributed by atoms with Crippen LogP contribution in [-0.4, -0.2) is 17.1 Å². The van der Waals surface area contributed by atoms with Gasteiger partial charge < -0.3 is 4.74 Å². The second kappa shape index (κ2) is 2.84. The van der Waals surface area contributed by atoms with Gasteiger partial charge in [-0.3, -0.25) is 0 Å². The van der Waals surface area contributed by atoms with Crippen molar-refractivity contribution in [3.8, 4) is 5.75 Å². The summed E-state index contributed by atoms with van der Waals surface area (Å²) in [6.07, 6.45) is 1.55. The second-order valence-corrected chi connectivity index (χ2v) is 2.13. The van der Waals surface area contributed by atoms with Crippen LogP contribution >= 0.6 is 11.6 Å². The molecule has 0 aliphatic heterocycles. The van der Waals surface area contributed by atoms with Crippen LogP contribution in [0.4, 0.5) is 0 Å². The van der Waals surface area contributed by atoms with Gasteiger partial charge >= 0.3 is 0 Å². The van der Waals surface area contributed by atoms with Crippen LogP contribution in [0.15, 0.2) is 6.20 Å². The van der Waals surface area contributed by atoms with E-state index >= 15 is 0 Å². The first kappa shape index (κ1) is 7.28. The highest BCUT2D eigenvalue weighted by Crippen LogP contribution is 2.18. The number of methoxy groups -OCH3 is 1. The van der Waals surface area contributed by atoms with E-state index in [1.165, 1.54) is 7.11 Å². The molecule has 0 saturated heterocycles. The molecule has 0 spiro atoms. The first-order chi connectivity index (χ1) is 4.74. The number of halogens is 1. The molecule has 0 fully saturated rings. The van der Waals surface area contributed by atoms with E-state index in [0.717, 1.165) is 0 Å². The highest BCUT2D eigenvalue weighted by molar-refractivity contribution is 6.30. The number of rotatable bonds is 1. The summed E-state index contributed by atoms with van der Waals surface area (Å²) >= 11 is 5.65. The summed E-state index contributed by atoms with van der Waals surface area (Å²) < 4.78 is 4.84. The Labute approximate surface area is 64.0 Å². The van der Waals surface area contributed by atoms with Crippen LogP contribution in [0.2, 0.25) is 5.15 Å². The Balaban J connectivity index is 3.07. The fraction of sp³-hybridized carbons (Fsp3) is 0.333. The van der Waals surface area contributed by atoms with Gasteiger partial charge in [0.15, 0.2) is 10.9 Å². The molecule has 0 unspecified atom stereocenters. The highest BCUT2D eigenvalue weighted by atomic mass is 35.5. The average Bonchev–Trinajstić information content (AvgIpc) is 1.88. The summed E-state index contributed by atoms with van der Waals surface area (Å²) in [4.78, 5) is 7.76. The maximum atomic E-state index is 5.65. The number of ether oxygens (including phenoxy) is 1. The fourth-order valence-corrected chi connectivity index (χ4v) is 0.817. The van der Waals surface area contributed by atoms with E-state index in [9.17, 15) is 0 Å². The predicted octanol–water partition coefficient (Wildman–Crippen LogP) is 1.45. The average molecular weight is 159 g/mol. The van der Waals surface area contributed by atoms with Crippen LogP contribution in [0.3, 0.4) is 0 Å². The van der Waals surface area contributed by atoms with Crippen LogP contribution in [0.25, 0.3) is 0 Å². The Morgan fingerprint density at radius 3 is 2.80 bits per heavy atom. The van der Waals surface area contributed by atoms with Crippen LogP contribution in [0.5, 0.6) is 5.75 Å². The summed E-state index contributed by atoms with van der Waals surface area (Å²) in [6, 6.07) is 0. The molecule has 1 aromatic rings. The zero-order valence-electron chi connectivity index (χ0n) is 5.76. The Bertz CT molecular complexity index is 239. The molecule has 1 rings (SSSR count). The molecule has 0 saturated carbocycles. The minimum Gasteiger partial charge on any atom is -0.492 e. The summed E-state index contributed by atoms with van der Waals surface area (Å²) in [5.74, 6) is 1.15. The molecule has 0 aliphatic carbocycles. The number of aromatic nitrogens is 2. The van der Waals surface area contributed by atoms with Crippen molar-refractivity contribution in [2.45, 2.75) is 6.92 Å². The second-order valence-electron chi connectivity index (χ2n) is 1.78. The number of nitrogens with zero attached hydrogens (tertiary/aromatic N) is 2. The van der Waals surface area contributed by atoms with E-state index < -0.39 is 0 Å². The van der Waals surface area contributed by atoms with E-state index in [1.54, 1.807) is 13.1 Å². The van der Waals surface area contributed by atoms with Gasteiger partial charge in [-0.2, -0.15) is 0 Å². The zero-order valence-corrected chi connectivity index (χ0v) is 6.51. The van der Waals surface area contributed by atoms with Crippen molar-refractivity contribution >= 4 is 11.6 Å². The van der Waals surface area contributed by atoms with Gasteiger partial charge in [0.05, 0.1) is 13.3 Å². The lowest BCUT2D eigenvalue weighted by molar-refractivity contribution is 0.410. The molecule has 0 atom stereocenters. The lowest BCUT2D eigenvalue weighted by atomic mass is 10.5. The molecule has 1 heterocycles. The largest absolute Gasteiger partial charge is 0.492 e. The zero-order chi connectivity index (χ0) is 7.56. The van der Waals surface area contributed by atoms with Crippen molar-refractivity contribution in [2.24, 2.45) is 0 Å². The molecule has 4 heteroatoms. The highest BCUT2D eigenvalue weighted by Gasteiger charge is 2.00. The molecule has 1 aromatic heterocycles. The van der Waals surface area contributed by atoms with Crippen LogP contribution in [0, 0.1) is 6.92 Å². The van der Waals surface area contributed by atoms with Crippen molar-refractivity contribution in [1.29, 1.82) is 0 Å². The van der Waals surface area contributed by atoms with Crippen LogP contribution < -0.4 is 4.74 Å². The first-order valence-corrected chi connectivity index (χ1v) is 3.15. The SMILES string of the molecule is COc1cnc(C)nc1Cl. The van der Waals surface area contributed by atoms with Gasteiger partial charge in [0.25, 0.3) is 0 Å². The van der Waals surface area contributed by atoms with Gasteiger partial charge in [0, 0.05) is 0 Å². The van der Waals surface area contributed by atoms with Crippen molar-refractivity contribution in [3.05, 3.63) is 17.2 Å². The van der Waals surface area contributed by atoms with Gasteiger partial charge in [-0.1, -0.05) is 11.6 Å². The minimum atomic E-state index is 0.356. The smallest absolute Gasteiger partial charge is 0.174 e. The maximum absolute atomic E-state index is 5.65. The summed E-state index contributed by atoms with van der Waals surface area (Å²) in [5, 5.41) is 0.356. The van der Waals surface area contributed by atoms with Crippen LogP contribution in [0.1, 0.15) is 5.82 Å². The topological polar surface area (TPSA) is 35.0 Å². The van der Waals surface area contributed by atoms with E-state index in [2.05, 4.69) is 9.97 Å². The van der Waals surface area contributed by atoms with E-state index in [0.29, 0.717) is 16.7 Å². The van der Waals surface area contributed by atoms with E-state index in [1.807, 2.05) is 0 Å². The molecular weight excluding hydrogens is 152 g/mol. The number of aryl methyl sites for hydroxylation is 1. The molecule has 0 amide bonds. The molecule has 10 heavy (non-hydrogen) atoms. The molecule has 0 aromatic carbocycles. The third kappa shape index (κ3) is 1.36. The van der Waals surface area contributed by atoms with Gasteiger partial charge in [-0.05, 0) is 6.92 Å². The van der Waals surface area contributed by atoms with Gasteiger partial charge in [0.2, 0.25) is 0 Å². The first-order valence-electron chi connectivity index (χ1n) is 2.77. The standard InChI is InChI=1S/C6H7ClN2O/c1-4-8-3-5(10-2)6(7)9-4/h3H,1-2H3. The summed E-state index contributed by atoms with van der Waals surface area (Å²) in [6.45, 7) is 1.77. The van der Waals surface area contributed by atoms with E-state index in [4.69, 9.17) is 16.3 Å². The Hall–Kier alpha value is -0.830. The minimum absolute atomic E-state index is 0.356.